The van der Waals surface area contributed by atoms with Crippen LogP contribution in [0, 0.1) is 0 Å². The molecular weight excluding hydrogens is 280 g/mol. The molecule has 5 heteroatoms. The van der Waals surface area contributed by atoms with Crippen LogP contribution in [0.3, 0.4) is 0 Å². The van der Waals surface area contributed by atoms with Gasteiger partial charge < -0.3 is 10.6 Å². The van der Waals surface area contributed by atoms with Crippen LogP contribution in [0.1, 0.15) is 28.9 Å². The second-order valence-electron chi connectivity index (χ2n) is 4.99. The van der Waals surface area contributed by atoms with Gasteiger partial charge in [-0.2, -0.15) is 0 Å². The number of anilines is 1. The SMILES string of the molecule is CN(C(=O)c1sc2cc(Cl)ccc2c1N)C1CCC1. The summed E-state index contributed by atoms with van der Waals surface area (Å²) in [5.41, 5.74) is 6.68. The molecule has 0 unspecified atom stereocenters. The Morgan fingerprint density at radius 2 is 2.21 bits per heavy atom. The predicted octanol–water partition coefficient (Wildman–Crippen LogP) is 3.76. The second-order valence-corrected chi connectivity index (χ2v) is 6.47. The van der Waals surface area contributed by atoms with Gasteiger partial charge in [0.25, 0.3) is 5.91 Å². The van der Waals surface area contributed by atoms with E-state index in [0.29, 0.717) is 21.6 Å². The lowest BCUT2D eigenvalue weighted by atomic mass is 9.92. The van der Waals surface area contributed by atoms with Gasteiger partial charge in [-0.05, 0) is 37.5 Å². The van der Waals surface area contributed by atoms with E-state index in [0.717, 1.165) is 22.9 Å². The van der Waals surface area contributed by atoms with Crippen molar-refractivity contribution in [1.82, 2.24) is 4.90 Å². The molecule has 1 saturated carbocycles. The fraction of sp³-hybridized carbons (Fsp3) is 0.357. The zero-order valence-electron chi connectivity index (χ0n) is 10.6. The van der Waals surface area contributed by atoms with Gasteiger partial charge in [-0.1, -0.05) is 11.6 Å². The van der Waals surface area contributed by atoms with Gasteiger partial charge in [0.2, 0.25) is 0 Å². The van der Waals surface area contributed by atoms with Crippen LogP contribution in [0.25, 0.3) is 10.1 Å². The Bertz CT molecular complexity index is 648. The van der Waals surface area contributed by atoms with Crippen molar-refractivity contribution in [3.8, 4) is 0 Å². The van der Waals surface area contributed by atoms with E-state index in [2.05, 4.69) is 0 Å². The molecule has 0 atom stereocenters. The number of nitrogen functional groups attached to an aromatic ring is 1. The number of nitrogens with two attached hydrogens (primary N) is 1. The Balaban J connectivity index is 1.99. The highest BCUT2D eigenvalue weighted by atomic mass is 35.5. The average molecular weight is 295 g/mol. The third kappa shape index (κ3) is 2.09. The van der Waals surface area contributed by atoms with Crippen LogP contribution in [0.15, 0.2) is 18.2 Å². The van der Waals surface area contributed by atoms with Crippen LogP contribution in [-0.2, 0) is 0 Å². The first-order valence-electron chi connectivity index (χ1n) is 6.32. The Morgan fingerprint density at radius 3 is 2.84 bits per heavy atom. The number of carbonyl (C=O) groups is 1. The maximum atomic E-state index is 12.5. The van der Waals surface area contributed by atoms with Crippen LogP contribution < -0.4 is 5.73 Å². The molecular formula is C14H15ClN2OS. The Hall–Kier alpha value is -1.26. The molecule has 2 N–H and O–H groups in total. The highest BCUT2D eigenvalue weighted by Crippen LogP contribution is 2.37. The molecule has 1 fully saturated rings. The zero-order chi connectivity index (χ0) is 13.6. The molecule has 0 saturated heterocycles. The topological polar surface area (TPSA) is 46.3 Å². The summed E-state index contributed by atoms with van der Waals surface area (Å²) in [5.74, 6) is 0.0273. The molecule has 1 aromatic heterocycles. The predicted molar refractivity (Wildman–Crippen MR) is 81.0 cm³/mol. The number of halogens is 1. The largest absolute Gasteiger partial charge is 0.397 e. The quantitative estimate of drug-likeness (QED) is 0.916. The second kappa shape index (κ2) is 4.69. The minimum atomic E-state index is 0.0273. The highest BCUT2D eigenvalue weighted by molar-refractivity contribution is 7.21. The third-order valence-corrected chi connectivity index (χ3v) is 5.22. The number of amides is 1. The van der Waals surface area contributed by atoms with Crippen molar-refractivity contribution < 1.29 is 4.79 Å². The van der Waals surface area contributed by atoms with Gasteiger partial charge in [0.15, 0.2) is 0 Å². The molecule has 1 heterocycles. The van der Waals surface area contributed by atoms with Crippen molar-refractivity contribution in [3.05, 3.63) is 28.1 Å². The lowest BCUT2D eigenvalue weighted by molar-refractivity contribution is 0.0658. The van der Waals surface area contributed by atoms with E-state index in [1.54, 1.807) is 6.07 Å². The molecule has 19 heavy (non-hydrogen) atoms. The fourth-order valence-corrected chi connectivity index (χ4v) is 3.73. The molecule has 1 aromatic carbocycles. The summed E-state index contributed by atoms with van der Waals surface area (Å²) in [5, 5.41) is 1.58. The number of benzene rings is 1. The van der Waals surface area contributed by atoms with Gasteiger partial charge in [0.05, 0.1) is 5.69 Å². The number of nitrogens with zero attached hydrogens (tertiary/aromatic N) is 1. The minimum Gasteiger partial charge on any atom is -0.397 e. The number of fused-ring (bicyclic) bond motifs is 1. The molecule has 2 aromatic rings. The first-order valence-corrected chi connectivity index (χ1v) is 7.52. The number of rotatable bonds is 2. The maximum Gasteiger partial charge on any atom is 0.266 e. The molecule has 1 aliphatic rings. The highest BCUT2D eigenvalue weighted by Gasteiger charge is 2.28. The van der Waals surface area contributed by atoms with E-state index in [1.165, 1.54) is 17.8 Å². The van der Waals surface area contributed by atoms with Gasteiger partial charge in [0.1, 0.15) is 4.88 Å². The van der Waals surface area contributed by atoms with Crippen LogP contribution in [0.4, 0.5) is 5.69 Å². The number of thiophene rings is 1. The van der Waals surface area contributed by atoms with Gasteiger partial charge in [-0.25, -0.2) is 0 Å². The average Bonchev–Trinajstić information content (AvgIpc) is 2.63. The van der Waals surface area contributed by atoms with E-state index in [4.69, 9.17) is 17.3 Å². The van der Waals surface area contributed by atoms with Crippen molar-refractivity contribution in [3.63, 3.8) is 0 Å². The van der Waals surface area contributed by atoms with Crippen molar-refractivity contribution in [2.75, 3.05) is 12.8 Å². The van der Waals surface area contributed by atoms with Crippen LogP contribution in [0.5, 0.6) is 0 Å². The normalized spacial score (nSPS) is 15.5. The summed E-state index contributed by atoms with van der Waals surface area (Å²) < 4.78 is 0.968. The molecule has 1 aliphatic carbocycles. The van der Waals surface area contributed by atoms with Crippen molar-refractivity contribution >= 4 is 44.6 Å². The lowest BCUT2D eigenvalue weighted by Gasteiger charge is -2.34. The van der Waals surface area contributed by atoms with Crippen molar-refractivity contribution in [2.45, 2.75) is 25.3 Å². The maximum absolute atomic E-state index is 12.5. The Labute approximate surface area is 121 Å². The Kier molecular flexibility index (Phi) is 3.15. The number of carbonyl (C=O) groups excluding carboxylic acids is 1. The minimum absolute atomic E-state index is 0.0273. The van der Waals surface area contributed by atoms with Crippen molar-refractivity contribution in [2.24, 2.45) is 0 Å². The summed E-state index contributed by atoms with van der Waals surface area (Å²) in [7, 11) is 1.86. The monoisotopic (exact) mass is 294 g/mol. The molecule has 3 nitrogen and oxygen atoms in total. The zero-order valence-corrected chi connectivity index (χ0v) is 12.2. The van der Waals surface area contributed by atoms with E-state index in [9.17, 15) is 4.79 Å². The van der Waals surface area contributed by atoms with E-state index < -0.39 is 0 Å². The molecule has 1 amide bonds. The molecule has 0 bridgehead atoms. The first-order chi connectivity index (χ1) is 9.08. The summed E-state index contributed by atoms with van der Waals surface area (Å²) in [6.07, 6.45) is 3.40. The van der Waals surface area contributed by atoms with Crippen LogP contribution in [-0.4, -0.2) is 23.9 Å². The van der Waals surface area contributed by atoms with Crippen molar-refractivity contribution in [1.29, 1.82) is 0 Å². The number of hydrogen-bond donors (Lipinski definition) is 1. The Morgan fingerprint density at radius 1 is 1.47 bits per heavy atom. The summed E-state index contributed by atoms with van der Waals surface area (Å²) in [4.78, 5) is 14.9. The molecule has 3 rings (SSSR count). The molecule has 0 spiro atoms. The molecule has 0 aliphatic heterocycles. The lowest BCUT2D eigenvalue weighted by Crippen LogP contribution is -2.41. The van der Waals surface area contributed by atoms with E-state index in [-0.39, 0.29) is 5.91 Å². The standard InChI is InChI=1S/C14H15ClN2OS/c1-17(9-3-2-4-9)14(18)13-12(16)10-6-5-8(15)7-11(10)19-13/h5-7,9H,2-4,16H2,1H3. The molecule has 0 radical (unpaired) electrons. The smallest absolute Gasteiger partial charge is 0.266 e. The van der Waals surface area contributed by atoms with Gasteiger partial charge >= 0.3 is 0 Å². The third-order valence-electron chi connectivity index (χ3n) is 3.83. The van der Waals surface area contributed by atoms with E-state index in [1.807, 2.05) is 24.1 Å². The van der Waals surface area contributed by atoms with Crippen LogP contribution in [0.2, 0.25) is 5.02 Å². The van der Waals surface area contributed by atoms with Crippen LogP contribution >= 0.6 is 22.9 Å². The number of hydrogen-bond acceptors (Lipinski definition) is 3. The van der Waals surface area contributed by atoms with Gasteiger partial charge in [0, 0.05) is 28.2 Å². The summed E-state index contributed by atoms with van der Waals surface area (Å²) >= 11 is 7.40. The molecule has 100 valence electrons. The van der Waals surface area contributed by atoms with E-state index >= 15 is 0 Å². The summed E-state index contributed by atoms with van der Waals surface area (Å²) in [6.45, 7) is 0. The summed E-state index contributed by atoms with van der Waals surface area (Å²) in [6, 6.07) is 5.92. The van der Waals surface area contributed by atoms with Gasteiger partial charge in [-0.15, -0.1) is 11.3 Å². The fourth-order valence-electron chi connectivity index (χ4n) is 2.35. The first kappa shape index (κ1) is 12.8. The van der Waals surface area contributed by atoms with Gasteiger partial charge in [-0.3, -0.25) is 4.79 Å².